The zero-order valence-electron chi connectivity index (χ0n) is 11.2. The number of aliphatic imine (C=N–C) groups is 1. The molecule has 0 amide bonds. The second-order valence-corrected chi connectivity index (χ2v) is 5.17. The SMILES string of the molecule is Cc1cnc2ccc(-c3ccc4c(c3)N=C(N)C4)cn12. The van der Waals surface area contributed by atoms with Crippen molar-refractivity contribution in [1.29, 1.82) is 0 Å². The molecule has 98 valence electrons. The molecule has 3 heterocycles. The Morgan fingerprint density at radius 3 is 2.90 bits per heavy atom. The standard InChI is InChI=1S/C16H14N4/c1-10-8-18-16-5-4-13(9-20(10)16)11-2-3-12-7-15(17)19-14(12)6-11/h2-6,8-9H,7H2,1H3,(H2,17,19). The number of benzene rings is 1. The van der Waals surface area contributed by atoms with Crippen LogP contribution in [0.3, 0.4) is 0 Å². The molecule has 2 aromatic heterocycles. The van der Waals surface area contributed by atoms with Crippen molar-refractivity contribution in [1.82, 2.24) is 9.38 Å². The zero-order chi connectivity index (χ0) is 13.7. The second-order valence-electron chi connectivity index (χ2n) is 5.17. The minimum Gasteiger partial charge on any atom is -0.387 e. The lowest BCUT2D eigenvalue weighted by atomic mass is 10.0. The van der Waals surface area contributed by atoms with E-state index in [0.717, 1.165) is 34.6 Å². The molecule has 1 aliphatic rings. The molecule has 0 bridgehead atoms. The summed E-state index contributed by atoms with van der Waals surface area (Å²) >= 11 is 0. The third kappa shape index (κ3) is 1.61. The Bertz CT molecular complexity index is 858. The maximum absolute atomic E-state index is 5.79. The molecule has 4 nitrogen and oxygen atoms in total. The molecule has 20 heavy (non-hydrogen) atoms. The first-order chi connectivity index (χ1) is 9.70. The van der Waals surface area contributed by atoms with Crippen LogP contribution in [-0.2, 0) is 6.42 Å². The van der Waals surface area contributed by atoms with Crippen LogP contribution in [0.1, 0.15) is 11.3 Å². The van der Waals surface area contributed by atoms with E-state index >= 15 is 0 Å². The molecule has 0 spiro atoms. The third-order valence-corrected chi connectivity index (χ3v) is 3.74. The van der Waals surface area contributed by atoms with Crippen LogP contribution in [0.25, 0.3) is 16.8 Å². The number of aryl methyl sites for hydroxylation is 1. The minimum atomic E-state index is 0.693. The molecule has 3 aromatic rings. The van der Waals surface area contributed by atoms with E-state index in [2.05, 4.69) is 51.8 Å². The number of nitrogens with two attached hydrogens (primary N) is 1. The number of aromatic nitrogens is 2. The molecule has 0 unspecified atom stereocenters. The fourth-order valence-electron chi connectivity index (χ4n) is 2.66. The lowest BCUT2D eigenvalue weighted by Crippen LogP contribution is -2.09. The van der Waals surface area contributed by atoms with Crippen molar-refractivity contribution in [2.24, 2.45) is 10.7 Å². The van der Waals surface area contributed by atoms with E-state index in [1.165, 1.54) is 5.56 Å². The highest BCUT2D eigenvalue weighted by Crippen LogP contribution is 2.31. The van der Waals surface area contributed by atoms with Crippen molar-refractivity contribution in [3.63, 3.8) is 0 Å². The van der Waals surface area contributed by atoms with Crippen LogP contribution in [-0.4, -0.2) is 15.2 Å². The molecule has 4 rings (SSSR count). The van der Waals surface area contributed by atoms with Crippen LogP contribution in [0.4, 0.5) is 5.69 Å². The molecule has 1 aliphatic heterocycles. The van der Waals surface area contributed by atoms with Gasteiger partial charge in [0.05, 0.1) is 5.69 Å². The maximum Gasteiger partial charge on any atom is 0.136 e. The first-order valence-corrected chi connectivity index (χ1v) is 6.61. The lowest BCUT2D eigenvalue weighted by molar-refractivity contribution is 1.11. The average molecular weight is 262 g/mol. The number of rotatable bonds is 1. The highest BCUT2D eigenvalue weighted by Gasteiger charge is 2.13. The van der Waals surface area contributed by atoms with E-state index in [1.807, 2.05) is 12.3 Å². The van der Waals surface area contributed by atoms with E-state index in [0.29, 0.717) is 5.84 Å². The largest absolute Gasteiger partial charge is 0.387 e. The number of pyridine rings is 1. The first-order valence-electron chi connectivity index (χ1n) is 6.61. The number of hydrogen-bond donors (Lipinski definition) is 1. The van der Waals surface area contributed by atoms with E-state index < -0.39 is 0 Å². The van der Waals surface area contributed by atoms with Crippen LogP contribution in [0.2, 0.25) is 0 Å². The second kappa shape index (κ2) is 3.93. The summed E-state index contributed by atoms with van der Waals surface area (Å²) in [6.07, 6.45) is 4.75. The summed E-state index contributed by atoms with van der Waals surface area (Å²) in [5.41, 5.74) is 12.4. The van der Waals surface area contributed by atoms with Crippen molar-refractivity contribution < 1.29 is 0 Å². The van der Waals surface area contributed by atoms with Crippen LogP contribution < -0.4 is 5.73 Å². The minimum absolute atomic E-state index is 0.693. The van der Waals surface area contributed by atoms with Crippen molar-refractivity contribution >= 4 is 17.2 Å². The smallest absolute Gasteiger partial charge is 0.136 e. The van der Waals surface area contributed by atoms with E-state index in [4.69, 9.17) is 5.73 Å². The van der Waals surface area contributed by atoms with E-state index in [9.17, 15) is 0 Å². The predicted octanol–water partition coefficient (Wildman–Crippen LogP) is 2.85. The normalized spacial score (nSPS) is 13.6. The number of imidazole rings is 1. The summed E-state index contributed by atoms with van der Waals surface area (Å²) in [6.45, 7) is 2.05. The van der Waals surface area contributed by atoms with Gasteiger partial charge in [0.25, 0.3) is 0 Å². The van der Waals surface area contributed by atoms with Gasteiger partial charge < -0.3 is 10.1 Å². The molecule has 4 heteroatoms. The first kappa shape index (κ1) is 11.2. The summed E-state index contributed by atoms with van der Waals surface area (Å²) in [5.74, 6) is 0.693. The Morgan fingerprint density at radius 2 is 2.00 bits per heavy atom. The van der Waals surface area contributed by atoms with Gasteiger partial charge in [0.2, 0.25) is 0 Å². The summed E-state index contributed by atoms with van der Waals surface area (Å²) in [7, 11) is 0. The maximum atomic E-state index is 5.79. The molecule has 2 N–H and O–H groups in total. The monoisotopic (exact) mass is 262 g/mol. The van der Waals surface area contributed by atoms with Gasteiger partial charge in [-0.3, -0.25) is 0 Å². The van der Waals surface area contributed by atoms with Gasteiger partial charge in [0.1, 0.15) is 11.5 Å². The fourth-order valence-corrected chi connectivity index (χ4v) is 2.66. The highest BCUT2D eigenvalue weighted by atomic mass is 15.0. The molecule has 0 radical (unpaired) electrons. The van der Waals surface area contributed by atoms with Gasteiger partial charge in [-0.2, -0.15) is 0 Å². The van der Waals surface area contributed by atoms with Crippen LogP contribution in [0.5, 0.6) is 0 Å². The summed E-state index contributed by atoms with van der Waals surface area (Å²) < 4.78 is 2.10. The van der Waals surface area contributed by atoms with Crippen LogP contribution >= 0.6 is 0 Å². The number of hydrogen-bond acceptors (Lipinski definition) is 3. The topological polar surface area (TPSA) is 55.7 Å². The summed E-state index contributed by atoms with van der Waals surface area (Å²) in [4.78, 5) is 8.73. The summed E-state index contributed by atoms with van der Waals surface area (Å²) in [5, 5.41) is 0. The van der Waals surface area contributed by atoms with Gasteiger partial charge in [-0.05, 0) is 41.8 Å². The molecule has 0 atom stereocenters. The van der Waals surface area contributed by atoms with E-state index in [-0.39, 0.29) is 0 Å². The Hall–Kier alpha value is -2.62. The van der Waals surface area contributed by atoms with Crippen molar-refractivity contribution in [3.8, 4) is 11.1 Å². The lowest BCUT2D eigenvalue weighted by Gasteiger charge is -2.06. The zero-order valence-corrected chi connectivity index (χ0v) is 11.2. The fraction of sp³-hybridized carbons (Fsp3) is 0.125. The predicted molar refractivity (Wildman–Crippen MR) is 80.4 cm³/mol. The van der Waals surface area contributed by atoms with Crippen molar-refractivity contribution in [2.45, 2.75) is 13.3 Å². The van der Waals surface area contributed by atoms with Gasteiger partial charge in [-0.15, -0.1) is 0 Å². The Balaban J connectivity index is 1.86. The van der Waals surface area contributed by atoms with E-state index in [1.54, 1.807) is 0 Å². The molecule has 0 saturated carbocycles. The van der Waals surface area contributed by atoms with Gasteiger partial charge in [-0.1, -0.05) is 12.1 Å². The summed E-state index contributed by atoms with van der Waals surface area (Å²) in [6, 6.07) is 10.5. The number of amidine groups is 1. The molecular weight excluding hydrogens is 248 g/mol. The Morgan fingerprint density at radius 1 is 1.15 bits per heavy atom. The third-order valence-electron chi connectivity index (χ3n) is 3.74. The van der Waals surface area contributed by atoms with Gasteiger partial charge in [0, 0.05) is 24.5 Å². The van der Waals surface area contributed by atoms with Crippen molar-refractivity contribution in [2.75, 3.05) is 0 Å². The van der Waals surface area contributed by atoms with Crippen LogP contribution in [0.15, 0.2) is 47.7 Å². The quantitative estimate of drug-likeness (QED) is 0.733. The highest BCUT2D eigenvalue weighted by molar-refractivity contribution is 5.91. The average Bonchev–Trinajstić information content (AvgIpc) is 3.00. The molecule has 0 fully saturated rings. The molecule has 0 aliphatic carbocycles. The molecular formula is C16H14N4. The van der Waals surface area contributed by atoms with Gasteiger partial charge in [-0.25, -0.2) is 9.98 Å². The van der Waals surface area contributed by atoms with Gasteiger partial charge >= 0.3 is 0 Å². The number of fused-ring (bicyclic) bond motifs is 2. The Labute approximate surface area is 116 Å². The van der Waals surface area contributed by atoms with Gasteiger partial charge in [0.15, 0.2) is 0 Å². The van der Waals surface area contributed by atoms with Crippen molar-refractivity contribution in [3.05, 3.63) is 54.0 Å². The molecule has 0 saturated heterocycles. The number of nitrogens with zero attached hydrogens (tertiary/aromatic N) is 3. The molecule has 1 aromatic carbocycles. The Kier molecular flexibility index (Phi) is 2.21. The van der Waals surface area contributed by atoms with Crippen LogP contribution in [0, 0.1) is 6.92 Å².